The van der Waals surface area contributed by atoms with Gasteiger partial charge < -0.3 is 10.2 Å². The van der Waals surface area contributed by atoms with Gasteiger partial charge in [0.15, 0.2) is 5.82 Å². The van der Waals surface area contributed by atoms with Crippen molar-refractivity contribution in [2.75, 3.05) is 6.26 Å². The van der Waals surface area contributed by atoms with Gasteiger partial charge >= 0.3 is 0 Å². The van der Waals surface area contributed by atoms with Crippen molar-refractivity contribution in [3.8, 4) is 5.69 Å². The average molecular weight is 413 g/mol. The summed E-state index contributed by atoms with van der Waals surface area (Å²) in [7, 11) is 0. The number of aliphatic hydroxyl groups excluding tert-OH is 1. The van der Waals surface area contributed by atoms with Gasteiger partial charge in [-0.05, 0) is 43.5 Å². The van der Waals surface area contributed by atoms with E-state index in [1.54, 1.807) is 36.2 Å². The number of aliphatic hydroxyl groups is 1. The van der Waals surface area contributed by atoms with Crippen LogP contribution in [0.5, 0.6) is 0 Å². The van der Waals surface area contributed by atoms with Crippen LogP contribution in [-0.2, 0) is 4.79 Å². The van der Waals surface area contributed by atoms with Crippen LogP contribution in [-0.4, -0.2) is 37.7 Å². The van der Waals surface area contributed by atoms with Crippen molar-refractivity contribution in [1.82, 2.24) is 9.55 Å². The Hall–Kier alpha value is -2.97. The molecule has 0 aliphatic carbocycles. The molecule has 4 rings (SSSR count). The third-order valence-electron chi connectivity index (χ3n) is 4.28. The molecule has 1 aromatic heterocycles. The second-order valence-electron chi connectivity index (χ2n) is 6.33. The van der Waals surface area contributed by atoms with Crippen molar-refractivity contribution in [3.05, 3.63) is 77.1 Å². The minimum Gasteiger partial charge on any atom is -0.481 e. The number of fused-ring (bicyclic) bond motifs is 3. The largest absolute Gasteiger partial charge is 0.481 e. The minimum atomic E-state index is -1.16. The number of aromatic nitrogens is 2. The maximum atomic E-state index is 14.5. The quantitative estimate of drug-likeness (QED) is 0.621. The van der Waals surface area contributed by atoms with E-state index in [9.17, 15) is 9.50 Å². The number of halogens is 1. The van der Waals surface area contributed by atoms with E-state index in [0.29, 0.717) is 17.1 Å². The summed E-state index contributed by atoms with van der Waals surface area (Å²) in [5.74, 6) is -0.771. The molecular formula is C21H20FN3O3S. The molecule has 0 amide bonds. The number of thioether (sulfide) groups is 1. The van der Waals surface area contributed by atoms with E-state index >= 15 is 0 Å². The van der Waals surface area contributed by atoms with Crippen LogP contribution in [0.15, 0.2) is 58.5 Å². The molecule has 0 spiro atoms. The number of carbonyl (C=O) groups is 1. The first-order valence-corrected chi connectivity index (χ1v) is 9.99. The van der Waals surface area contributed by atoms with Gasteiger partial charge in [0.2, 0.25) is 6.23 Å². The molecule has 6 nitrogen and oxygen atoms in total. The second-order valence-corrected chi connectivity index (χ2v) is 7.21. The number of hydrogen-bond donors (Lipinski definition) is 2. The lowest BCUT2D eigenvalue weighted by molar-refractivity contribution is -0.134. The predicted molar refractivity (Wildman–Crippen MR) is 110 cm³/mol. The third kappa shape index (κ3) is 4.23. The number of rotatable bonds is 2. The highest BCUT2D eigenvalue weighted by atomic mass is 32.2. The maximum absolute atomic E-state index is 14.5. The third-order valence-corrected chi connectivity index (χ3v) is 5.00. The summed E-state index contributed by atoms with van der Waals surface area (Å²) < 4.78 is 16.3. The Balaban J connectivity index is 0.000000552. The number of nitrogens with zero attached hydrogens (tertiary/aromatic N) is 3. The molecule has 1 aliphatic heterocycles. The van der Waals surface area contributed by atoms with Crippen LogP contribution in [0.25, 0.3) is 5.69 Å². The first-order chi connectivity index (χ1) is 13.8. The van der Waals surface area contributed by atoms with Gasteiger partial charge in [-0.15, -0.1) is 11.8 Å². The normalized spacial score (nSPS) is 14.7. The predicted octanol–water partition coefficient (Wildman–Crippen LogP) is 3.97. The van der Waals surface area contributed by atoms with Crippen molar-refractivity contribution < 1.29 is 19.4 Å². The van der Waals surface area contributed by atoms with Gasteiger partial charge in [0.1, 0.15) is 5.82 Å². The molecule has 2 heterocycles. The molecule has 1 aliphatic rings. The summed E-state index contributed by atoms with van der Waals surface area (Å²) in [6, 6.07) is 12.4. The van der Waals surface area contributed by atoms with E-state index in [1.165, 1.54) is 6.07 Å². The zero-order valence-electron chi connectivity index (χ0n) is 16.1. The van der Waals surface area contributed by atoms with E-state index in [0.717, 1.165) is 28.8 Å². The van der Waals surface area contributed by atoms with E-state index in [2.05, 4.69) is 9.98 Å². The smallest absolute Gasteiger partial charge is 0.300 e. The summed E-state index contributed by atoms with van der Waals surface area (Å²) in [6.07, 6.45) is 2.53. The minimum absolute atomic E-state index is 0.365. The highest BCUT2D eigenvalue weighted by Crippen LogP contribution is 2.33. The van der Waals surface area contributed by atoms with Crippen LogP contribution in [0.1, 0.15) is 35.8 Å². The molecule has 0 saturated carbocycles. The van der Waals surface area contributed by atoms with E-state index in [-0.39, 0.29) is 5.82 Å². The molecule has 3 aromatic rings. The van der Waals surface area contributed by atoms with Crippen molar-refractivity contribution in [2.45, 2.75) is 25.0 Å². The van der Waals surface area contributed by atoms with Crippen LogP contribution >= 0.6 is 11.8 Å². The van der Waals surface area contributed by atoms with Gasteiger partial charge in [0.25, 0.3) is 5.97 Å². The number of hydrogen-bond acceptors (Lipinski definition) is 5. The van der Waals surface area contributed by atoms with Gasteiger partial charge in [0.05, 0.1) is 11.4 Å². The fraction of sp³-hybridized carbons (Fsp3) is 0.190. The monoisotopic (exact) mass is 413 g/mol. The summed E-state index contributed by atoms with van der Waals surface area (Å²) in [5, 5.41) is 18.0. The molecule has 0 radical (unpaired) electrons. The molecule has 0 bridgehead atoms. The summed E-state index contributed by atoms with van der Waals surface area (Å²) in [4.78, 5) is 18.8. The number of aliphatic carboxylic acids is 1. The Morgan fingerprint density at radius 2 is 1.90 bits per heavy atom. The molecule has 0 fully saturated rings. The van der Waals surface area contributed by atoms with Crippen LogP contribution < -0.4 is 0 Å². The number of benzene rings is 2. The van der Waals surface area contributed by atoms with Crippen molar-refractivity contribution >= 4 is 23.4 Å². The highest BCUT2D eigenvalue weighted by molar-refractivity contribution is 7.98. The van der Waals surface area contributed by atoms with Gasteiger partial charge in [-0.3, -0.25) is 9.36 Å². The fourth-order valence-corrected chi connectivity index (χ4v) is 3.54. The van der Waals surface area contributed by atoms with Crippen molar-refractivity contribution in [3.63, 3.8) is 0 Å². The SMILES string of the molecule is CC(=O)O.CSc1ccc2c(c1)C(c1ccccc1F)=NC(O)c1ncc(C)n1-2. The fourth-order valence-electron chi connectivity index (χ4n) is 3.10. The Bertz CT molecular complexity index is 1090. The Morgan fingerprint density at radius 3 is 2.55 bits per heavy atom. The van der Waals surface area contributed by atoms with Crippen molar-refractivity contribution in [2.24, 2.45) is 4.99 Å². The van der Waals surface area contributed by atoms with Crippen LogP contribution in [0.2, 0.25) is 0 Å². The van der Waals surface area contributed by atoms with Gasteiger partial charge in [-0.25, -0.2) is 14.4 Å². The summed E-state index contributed by atoms with van der Waals surface area (Å²) in [6.45, 7) is 3.00. The molecule has 0 saturated heterocycles. The molecule has 150 valence electrons. The maximum Gasteiger partial charge on any atom is 0.300 e. The molecular weight excluding hydrogens is 393 g/mol. The first-order valence-electron chi connectivity index (χ1n) is 8.76. The number of imidazole rings is 1. The average Bonchev–Trinajstić information content (AvgIpc) is 3.01. The Labute approximate surface area is 171 Å². The van der Waals surface area contributed by atoms with E-state index in [4.69, 9.17) is 9.90 Å². The van der Waals surface area contributed by atoms with Crippen LogP contribution in [0, 0.1) is 12.7 Å². The Morgan fingerprint density at radius 1 is 1.21 bits per heavy atom. The number of aliphatic imine (C=N–C) groups is 1. The molecule has 2 aromatic carbocycles. The summed E-state index contributed by atoms with van der Waals surface area (Å²) >= 11 is 1.60. The Kier molecular flexibility index (Phi) is 6.14. The van der Waals surface area contributed by atoms with Crippen molar-refractivity contribution in [1.29, 1.82) is 0 Å². The molecule has 2 N–H and O–H groups in total. The molecule has 1 atom stereocenters. The van der Waals surface area contributed by atoms with E-state index < -0.39 is 12.2 Å². The van der Waals surface area contributed by atoms with Crippen LogP contribution in [0.4, 0.5) is 4.39 Å². The van der Waals surface area contributed by atoms with Gasteiger partial charge in [-0.2, -0.15) is 0 Å². The zero-order chi connectivity index (χ0) is 21.1. The number of carboxylic acids is 1. The standard InChI is InChI=1S/C19H16FN3OS.C2H4O2/c1-11-10-21-18-19(24)22-17(13-5-3-4-6-15(13)20)14-9-12(25-2)7-8-16(14)23(11)18;1-2(3)4/h3-10,19,24H,1-2H3;1H3,(H,3,4). The number of carboxylic acid groups (broad SMARTS) is 1. The number of aryl methyl sites for hydroxylation is 1. The first kappa shape index (κ1) is 20.8. The molecule has 29 heavy (non-hydrogen) atoms. The van der Waals surface area contributed by atoms with E-state index in [1.807, 2.05) is 35.9 Å². The lowest BCUT2D eigenvalue weighted by Gasteiger charge is -2.14. The zero-order valence-corrected chi connectivity index (χ0v) is 16.9. The summed E-state index contributed by atoms with van der Waals surface area (Å²) in [5.41, 5.74) is 3.29. The lowest BCUT2D eigenvalue weighted by atomic mass is 10.00. The second kappa shape index (κ2) is 8.59. The van der Waals surface area contributed by atoms with Crippen LogP contribution in [0.3, 0.4) is 0 Å². The topological polar surface area (TPSA) is 87.7 Å². The molecule has 8 heteroatoms. The van der Waals surface area contributed by atoms with Gasteiger partial charge in [0, 0.05) is 34.8 Å². The lowest BCUT2D eigenvalue weighted by Crippen LogP contribution is -2.09. The van der Waals surface area contributed by atoms with Gasteiger partial charge in [-0.1, -0.05) is 12.1 Å². The molecule has 1 unspecified atom stereocenters. The highest BCUT2D eigenvalue weighted by Gasteiger charge is 2.27.